The molecule has 18 nitrogen and oxygen atoms in total. The Balaban J connectivity index is 0.729. The maximum atomic E-state index is 14.4. The molecule has 0 spiro atoms. The number of aryl methyl sites for hydroxylation is 1. The van der Waals surface area contributed by atoms with Crippen molar-refractivity contribution in [3.8, 4) is 17.0 Å². The van der Waals surface area contributed by atoms with E-state index in [9.17, 15) is 33.2 Å². The van der Waals surface area contributed by atoms with E-state index in [2.05, 4.69) is 31.7 Å². The largest absolute Gasteiger partial charge is 0.491 e. The minimum Gasteiger partial charge on any atom is -0.491 e. The summed E-state index contributed by atoms with van der Waals surface area (Å²) in [6.45, 7) is 2.09. The van der Waals surface area contributed by atoms with Gasteiger partial charge in [0.15, 0.2) is 5.76 Å². The molecule has 0 saturated carbocycles. The van der Waals surface area contributed by atoms with Crippen molar-refractivity contribution >= 4 is 70.0 Å². The fraction of sp³-hybridized carbons (Fsp3) is 0.340. The number of benzene rings is 3. The first-order chi connectivity index (χ1) is 32.8. The molecular weight excluding hydrogens is 926 g/mol. The highest BCUT2D eigenvalue weighted by atomic mass is 35.5. The summed E-state index contributed by atoms with van der Waals surface area (Å²) in [6.07, 6.45) is 2.13. The van der Waals surface area contributed by atoms with E-state index in [4.69, 9.17) is 41.8 Å². The van der Waals surface area contributed by atoms with Crippen LogP contribution in [0.1, 0.15) is 68.4 Å². The first-order valence-electron chi connectivity index (χ1n) is 21.9. The number of hydrogen-bond acceptors (Lipinski definition) is 13. The van der Waals surface area contributed by atoms with Gasteiger partial charge in [-0.25, -0.2) is 4.39 Å². The van der Waals surface area contributed by atoms with Crippen molar-refractivity contribution in [2.45, 2.75) is 49.7 Å². The summed E-state index contributed by atoms with van der Waals surface area (Å²) in [6, 6.07) is 17.7. The Morgan fingerprint density at radius 3 is 2.44 bits per heavy atom. The molecule has 6 amide bonds. The Kier molecular flexibility index (Phi) is 15.2. The average molecular weight is 974 g/mol. The van der Waals surface area contributed by atoms with Crippen molar-refractivity contribution in [2.75, 3.05) is 56.8 Å². The third-order valence-electron chi connectivity index (χ3n) is 11.8. The van der Waals surface area contributed by atoms with Gasteiger partial charge in [-0.15, -0.1) is 0 Å². The summed E-state index contributed by atoms with van der Waals surface area (Å²) in [5.41, 5.74) is 2.97. The third kappa shape index (κ3) is 11.0. The van der Waals surface area contributed by atoms with Gasteiger partial charge in [0.2, 0.25) is 22.9 Å². The number of aromatic nitrogens is 2. The molecule has 0 bridgehead atoms. The van der Waals surface area contributed by atoms with E-state index in [1.165, 1.54) is 35.1 Å². The number of anilines is 2. The minimum absolute atomic E-state index is 0.0219. The molecule has 2 aromatic heterocycles. The maximum absolute atomic E-state index is 14.4. The zero-order valence-corrected chi connectivity index (χ0v) is 38.2. The normalized spacial score (nSPS) is 19.1. The molecule has 3 aliphatic heterocycles. The molecule has 8 rings (SSSR count). The predicted molar refractivity (Wildman–Crippen MR) is 246 cm³/mol. The van der Waals surface area contributed by atoms with E-state index in [-0.39, 0.29) is 72.4 Å². The predicted octanol–water partition coefficient (Wildman–Crippen LogP) is 5.32. The number of hydrogen-bond donors (Lipinski definition) is 5. The van der Waals surface area contributed by atoms with Crippen molar-refractivity contribution < 1.29 is 51.8 Å². The monoisotopic (exact) mass is 972 g/mol. The molecule has 2 saturated heterocycles. The Labute approximate surface area is 399 Å². The first kappa shape index (κ1) is 47.8. The van der Waals surface area contributed by atoms with Gasteiger partial charge in [-0.3, -0.25) is 43.7 Å². The molecule has 2 fully saturated rings. The average Bonchev–Trinajstić information content (AvgIpc) is 3.95. The zero-order chi connectivity index (χ0) is 47.9. The lowest BCUT2D eigenvalue weighted by Crippen LogP contribution is -2.54. The van der Waals surface area contributed by atoms with Gasteiger partial charge in [0.05, 0.1) is 60.0 Å². The van der Waals surface area contributed by atoms with Crippen molar-refractivity contribution in [3.05, 3.63) is 118 Å². The molecule has 0 aliphatic carbocycles. The molecule has 4 unspecified atom stereocenters. The summed E-state index contributed by atoms with van der Waals surface area (Å²) in [5, 5.41) is 19.0. The van der Waals surface area contributed by atoms with E-state index < -0.39 is 47.4 Å². The Morgan fingerprint density at radius 2 is 1.69 bits per heavy atom. The fourth-order valence-corrected chi connectivity index (χ4v) is 9.02. The molecule has 356 valence electrons. The van der Waals surface area contributed by atoms with Gasteiger partial charge in [-0.05, 0) is 78.5 Å². The number of carbonyl (C=O) groups is 6. The van der Waals surface area contributed by atoms with Gasteiger partial charge < -0.3 is 39.9 Å². The molecule has 5 N–H and O–H groups in total. The van der Waals surface area contributed by atoms with Gasteiger partial charge in [0.1, 0.15) is 24.2 Å². The zero-order valence-electron chi connectivity index (χ0n) is 36.7. The summed E-state index contributed by atoms with van der Waals surface area (Å²) < 4.78 is 38.6. The van der Waals surface area contributed by atoms with E-state index in [0.29, 0.717) is 78.3 Å². The van der Waals surface area contributed by atoms with Crippen molar-refractivity contribution in [2.24, 2.45) is 7.05 Å². The molecule has 3 aliphatic rings. The van der Waals surface area contributed by atoms with Crippen LogP contribution in [0.4, 0.5) is 15.8 Å². The Bertz CT molecular complexity index is 2690. The maximum Gasteiger partial charge on any atom is 0.287 e. The number of nitrogens with zero attached hydrogens (tertiary/aromatic N) is 3. The topological polar surface area (TPSA) is 224 Å². The lowest BCUT2D eigenvalue weighted by atomic mass is 9.81. The number of imide groups is 2. The number of ether oxygens (including phenoxy) is 3. The second-order valence-corrected chi connectivity index (χ2v) is 17.0. The molecule has 5 aromatic rings. The lowest BCUT2D eigenvalue weighted by molar-refractivity contribution is -0.136. The molecule has 4 atom stereocenters. The second kappa shape index (κ2) is 21.5. The number of fused-ring (bicyclic) bond motifs is 1. The molecule has 5 heterocycles. The number of amides is 6. The summed E-state index contributed by atoms with van der Waals surface area (Å²) in [4.78, 5) is 77.9. The van der Waals surface area contributed by atoms with Gasteiger partial charge in [-0.1, -0.05) is 29.8 Å². The standard InChI is InChI=1S/C47H47Cl2FN8O10/c1-57-42(34(48)24-53-57)33-23-38(68-43(33)49)45(62)55-36-25-52-29(21-32(36)26-4-2-5-27(50)20-26)22-40(60)54-28-8-10-30(11-9-28)67-19-18-66-17-16-65-15-14-51-35-7-3-6-31-41(35)47(64)58(46(31)63)37-12-13-39(59)56-44(37)61/h2-11,20,23-24,29,32,36-37,51-52H,12-19,21-22,25H2,1H3,(H,54,60)(H,55,62)(H,56,59,61). The van der Waals surface area contributed by atoms with Crippen LogP contribution in [-0.4, -0.2) is 114 Å². The van der Waals surface area contributed by atoms with E-state index in [1.807, 2.05) is 0 Å². The van der Waals surface area contributed by atoms with Gasteiger partial charge >= 0.3 is 0 Å². The number of rotatable bonds is 19. The van der Waals surface area contributed by atoms with Gasteiger partial charge in [0, 0.05) is 68.4 Å². The van der Waals surface area contributed by atoms with Crippen LogP contribution < -0.4 is 31.3 Å². The number of furan rings is 1. The Hall–Kier alpha value is -6.64. The van der Waals surface area contributed by atoms with E-state index in [1.54, 1.807) is 55.6 Å². The highest BCUT2D eigenvalue weighted by molar-refractivity contribution is 6.35. The lowest BCUT2D eigenvalue weighted by Gasteiger charge is -2.37. The van der Waals surface area contributed by atoms with Gasteiger partial charge in [-0.2, -0.15) is 5.10 Å². The molecule has 21 heteroatoms. The van der Waals surface area contributed by atoms with Crippen LogP contribution in [0.3, 0.4) is 0 Å². The van der Waals surface area contributed by atoms with Crippen molar-refractivity contribution in [1.82, 2.24) is 30.6 Å². The van der Waals surface area contributed by atoms with Crippen molar-refractivity contribution in [1.29, 1.82) is 0 Å². The minimum atomic E-state index is -1.04. The summed E-state index contributed by atoms with van der Waals surface area (Å²) in [5.74, 6) is -3.23. The van der Waals surface area contributed by atoms with E-state index >= 15 is 0 Å². The highest BCUT2D eigenvalue weighted by Crippen LogP contribution is 2.37. The molecule has 3 aromatic carbocycles. The smallest absolute Gasteiger partial charge is 0.287 e. The molecule has 68 heavy (non-hydrogen) atoms. The summed E-state index contributed by atoms with van der Waals surface area (Å²) >= 11 is 12.7. The number of carbonyl (C=O) groups excluding carboxylic acids is 6. The molecule has 0 radical (unpaired) electrons. The number of nitrogens with one attached hydrogen (secondary N) is 5. The van der Waals surface area contributed by atoms with Crippen LogP contribution in [0.2, 0.25) is 10.2 Å². The third-order valence-corrected chi connectivity index (χ3v) is 12.3. The van der Waals surface area contributed by atoms with Gasteiger partial charge in [0.25, 0.3) is 17.7 Å². The first-order valence-corrected chi connectivity index (χ1v) is 22.6. The van der Waals surface area contributed by atoms with Crippen molar-refractivity contribution in [3.63, 3.8) is 0 Å². The fourth-order valence-electron chi connectivity index (χ4n) is 8.53. The number of halogens is 3. The Morgan fingerprint density at radius 1 is 0.926 bits per heavy atom. The van der Waals surface area contributed by atoms with Crippen LogP contribution >= 0.6 is 23.2 Å². The number of piperidine rings is 2. The van der Waals surface area contributed by atoms with E-state index in [0.717, 1.165) is 4.90 Å². The van der Waals surface area contributed by atoms with Crippen LogP contribution in [0.25, 0.3) is 11.3 Å². The van der Waals surface area contributed by atoms with Crippen LogP contribution in [-0.2, 0) is 30.9 Å². The molecular formula is C47H47Cl2FN8O10. The van der Waals surface area contributed by atoms with Crippen LogP contribution in [0, 0.1) is 5.82 Å². The van der Waals surface area contributed by atoms with Crippen LogP contribution in [0.5, 0.6) is 5.75 Å². The summed E-state index contributed by atoms with van der Waals surface area (Å²) in [7, 11) is 1.69. The second-order valence-electron chi connectivity index (χ2n) is 16.3. The highest BCUT2D eigenvalue weighted by Gasteiger charge is 2.45. The SMILES string of the molecule is Cn1ncc(Cl)c1-c1cc(C(=O)NC2CNC(CC(=O)Nc3ccc(OCCOCCOCCNc4cccc5c4C(=O)N(C4CCC(=O)NC4=O)C5=O)cc3)CC2c2cccc(F)c2)oc1Cl. The van der Waals surface area contributed by atoms with Crippen LogP contribution in [0.15, 0.2) is 83.4 Å². The quantitative estimate of drug-likeness (QED) is 0.0523.